The van der Waals surface area contributed by atoms with E-state index in [-0.39, 0.29) is 22.9 Å². The van der Waals surface area contributed by atoms with E-state index in [1.165, 1.54) is 36.3 Å². The summed E-state index contributed by atoms with van der Waals surface area (Å²) in [5.74, 6) is -0.976. The first-order valence-electron chi connectivity index (χ1n) is 10.4. The zero-order valence-electron chi connectivity index (χ0n) is 17.1. The first kappa shape index (κ1) is 19.5. The number of fused-ring (bicyclic) bond motifs is 1. The highest BCUT2D eigenvalue weighted by molar-refractivity contribution is 5.99. The lowest BCUT2D eigenvalue weighted by Gasteiger charge is -2.36. The molecule has 2 aliphatic rings. The Labute approximate surface area is 177 Å². The van der Waals surface area contributed by atoms with Gasteiger partial charge in [0.25, 0.3) is 5.91 Å². The minimum Gasteiger partial charge on any atom is -0.366 e. The fourth-order valence-electron chi connectivity index (χ4n) is 4.19. The number of piperazine rings is 1. The fraction of sp³-hybridized carbons (Fsp3) is 0.364. The lowest BCUT2D eigenvalue weighted by Crippen LogP contribution is -2.48. The van der Waals surface area contributed by atoms with E-state index in [9.17, 15) is 14.4 Å². The van der Waals surface area contributed by atoms with Crippen molar-refractivity contribution in [2.75, 3.05) is 31.1 Å². The third-order valence-electron chi connectivity index (χ3n) is 6.08. The maximum Gasteiger partial charge on any atom is 0.268 e. The van der Waals surface area contributed by atoms with Gasteiger partial charge in [-0.15, -0.1) is 0 Å². The third kappa shape index (κ3) is 3.39. The van der Waals surface area contributed by atoms with E-state index in [1.54, 1.807) is 17.2 Å². The number of carbonyl (C=O) groups is 2. The van der Waals surface area contributed by atoms with E-state index in [0.29, 0.717) is 37.4 Å². The zero-order valence-corrected chi connectivity index (χ0v) is 17.1. The molecule has 0 spiro atoms. The number of hydrogen-bond donors (Lipinski definition) is 0. The van der Waals surface area contributed by atoms with Crippen LogP contribution in [-0.4, -0.2) is 57.0 Å². The van der Waals surface area contributed by atoms with Gasteiger partial charge in [0.2, 0.25) is 11.3 Å². The van der Waals surface area contributed by atoms with Crippen molar-refractivity contribution in [1.29, 1.82) is 0 Å². The van der Waals surface area contributed by atoms with Crippen molar-refractivity contribution in [3.8, 4) is 0 Å². The summed E-state index contributed by atoms with van der Waals surface area (Å²) in [5, 5.41) is 0.196. The molecule has 0 radical (unpaired) electrons. The number of hydrogen-bond acceptors (Lipinski definition) is 5. The second-order valence-electron chi connectivity index (χ2n) is 8.10. The maximum absolute atomic E-state index is 15.1. The van der Waals surface area contributed by atoms with E-state index in [2.05, 4.69) is 4.98 Å². The van der Waals surface area contributed by atoms with Crippen molar-refractivity contribution in [2.24, 2.45) is 0 Å². The molecule has 0 N–H and O–H groups in total. The Morgan fingerprint density at radius 2 is 1.87 bits per heavy atom. The van der Waals surface area contributed by atoms with E-state index in [4.69, 9.17) is 0 Å². The summed E-state index contributed by atoms with van der Waals surface area (Å²) < 4.78 is 18.3. The Balaban J connectivity index is 1.60. The number of nitrogens with zero attached hydrogens (tertiary/aromatic N) is 5. The van der Waals surface area contributed by atoms with Gasteiger partial charge in [-0.2, -0.15) is 0 Å². The number of imidazole rings is 1. The van der Waals surface area contributed by atoms with Crippen LogP contribution in [0.3, 0.4) is 0 Å². The van der Waals surface area contributed by atoms with Gasteiger partial charge < -0.3 is 14.4 Å². The zero-order chi connectivity index (χ0) is 21.7. The minimum absolute atomic E-state index is 0.000350. The van der Waals surface area contributed by atoms with Gasteiger partial charge in [0.05, 0.1) is 11.2 Å². The summed E-state index contributed by atoms with van der Waals surface area (Å²) in [6.07, 6.45) is 7.78. The Bertz CT molecular complexity index is 1240. The molecule has 1 saturated heterocycles. The van der Waals surface area contributed by atoms with Crippen molar-refractivity contribution in [3.63, 3.8) is 0 Å². The van der Waals surface area contributed by atoms with E-state index >= 15 is 4.39 Å². The number of halogens is 1. The summed E-state index contributed by atoms with van der Waals surface area (Å²) in [6.45, 7) is 3.63. The lowest BCUT2D eigenvalue weighted by atomic mass is 10.1. The normalized spacial score (nSPS) is 16.7. The van der Waals surface area contributed by atoms with Crippen LogP contribution < -0.4 is 10.3 Å². The Hall–Kier alpha value is -3.49. The van der Waals surface area contributed by atoms with E-state index in [0.717, 1.165) is 12.8 Å². The number of amides is 1. The second kappa shape index (κ2) is 7.33. The van der Waals surface area contributed by atoms with Crippen LogP contribution in [0.25, 0.3) is 10.9 Å². The van der Waals surface area contributed by atoms with Gasteiger partial charge >= 0.3 is 0 Å². The highest BCUT2D eigenvalue weighted by atomic mass is 19.1. The molecule has 9 heteroatoms. The maximum atomic E-state index is 15.1. The summed E-state index contributed by atoms with van der Waals surface area (Å²) in [5.41, 5.74) is 0.551. The molecule has 160 valence electrons. The van der Waals surface area contributed by atoms with Gasteiger partial charge in [0, 0.05) is 63.1 Å². The molecule has 5 rings (SSSR count). The highest BCUT2D eigenvalue weighted by Gasteiger charge is 2.29. The topological polar surface area (TPSA) is 80.4 Å². The van der Waals surface area contributed by atoms with Crippen molar-refractivity contribution in [1.82, 2.24) is 19.0 Å². The minimum atomic E-state index is -0.504. The SMILES string of the molecule is CC(=O)N1CCN(c2cc3c(cc2F)c(=O)c(C(=O)n2ccnc2)cn3C2CC2)CC1. The summed E-state index contributed by atoms with van der Waals surface area (Å²) in [7, 11) is 0. The van der Waals surface area contributed by atoms with Crippen LogP contribution >= 0.6 is 0 Å². The van der Waals surface area contributed by atoms with Crippen LogP contribution in [0.5, 0.6) is 0 Å². The number of benzene rings is 1. The Morgan fingerprint density at radius 1 is 1.13 bits per heavy atom. The van der Waals surface area contributed by atoms with Crippen molar-refractivity contribution >= 4 is 28.4 Å². The summed E-state index contributed by atoms with van der Waals surface area (Å²) in [6, 6.07) is 3.14. The molecule has 1 saturated carbocycles. The average molecular weight is 423 g/mol. The van der Waals surface area contributed by atoms with E-state index in [1.807, 2.05) is 9.47 Å². The number of carbonyl (C=O) groups excluding carboxylic acids is 2. The van der Waals surface area contributed by atoms with Crippen LogP contribution in [-0.2, 0) is 4.79 Å². The van der Waals surface area contributed by atoms with Gasteiger partial charge in [-0.25, -0.2) is 9.37 Å². The lowest BCUT2D eigenvalue weighted by molar-refractivity contribution is -0.129. The molecule has 0 unspecified atom stereocenters. The van der Waals surface area contributed by atoms with Gasteiger partial charge in [-0.1, -0.05) is 0 Å². The highest BCUT2D eigenvalue weighted by Crippen LogP contribution is 2.38. The Morgan fingerprint density at radius 3 is 2.48 bits per heavy atom. The standard InChI is InChI=1S/C22H22FN5O3/c1-14(29)25-6-8-26(9-7-25)20-11-19-16(10-18(20)23)21(30)17(12-28(19)15-2-3-15)22(31)27-5-4-24-13-27/h4-5,10-13,15H,2-3,6-9H2,1H3. The number of anilines is 1. The molecule has 1 amide bonds. The third-order valence-corrected chi connectivity index (χ3v) is 6.08. The van der Waals surface area contributed by atoms with Crippen molar-refractivity contribution in [3.05, 3.63) is 58.7 Å². The Kier molecular flexibility index (Phi) is 4.60. The summed E-state index contributed by atoms with van der Waals surface area (Å²) >= 11 is 0. The number of rotatable bonds is 3. The molecule has 1 aliphatic heterocycles. The van der Waals surface area contributed by atoms with Crippen molar-refractivity contribution < 1.29 is 14.0 Å². The van der Waals surface area contributed by atoms with Crippen LogP contribution in [0.2, 0.25) is 0 Å². The van der Waals surface area contributed by atoms with E-state index < -0.39 is 17.2 Å². The van der Waals surface area contributed by atoms with Crippen LogP contribution in [0, 0.1) is 5.82 Å². The number of pyridine rings is 1. The first-order chi connectivity index (χ1) is 14.9. The molecule has 0 bridgehead atoms. The first-order valence-corrected chi connectivity index (χ1v) is 10.4. The molecule has 3 aromatic rings. The molecule has 3 heterocycles. The van der Waals surface area contributed by atoms with Crippen molar-refractivity contribution in [2.45, 2.75) is 25.8 Å². The predicted molar refractivity (Wildman–Crippen MR) is 113 cm³/mol. The smallest absolute Gasteiger partial charge is 0.268 e. The summed E-state index contributed by atoms with van der Waals surface area (Å²) in [4.78, 5) is 45.0. The molecule has 2 fully saturated rings. The number of aromatic nitrogens is 3. The second-order valence-corrected chi connectivity index (χ2v) is 8.10. The monoisotopic (exact) mass is 423 g/mol. The largest absolute Gasteiger partial charge is 0.366 e. The average Bonchev–Trinajstić information content (AvgIpc) is 3.46. The predicted octanol–water partition coefficient (Wildman–Crippen LogP) is 2.03. The quantitative estimate of drug-likeness (QED) is 0.644. The van der Waals surface area contributed by atoms with Crippen LogP contribution in [0.4, 0.5) is 10.1 Å². The van der Waals surface area contributed by atoms with Gasteiger partial charge in [0.15, 0.2) is 0 Å². The molecule has 0 atom stereocenters. The molecule has 1 aliphatic carbocycles. The molecule has 1 aromatic carbocycles. The molecule has 2 aromatic heterocycles. The van der Waals surface area contributed by atoms with Gasteiger partial charge in [-0.3, -0.25) is 19.0 Å². The molecule has 31 heavy (non-hydrogen) atoms. The molecular weight excluding hydrogens is 401 g/mol. The van der Waals surface area contributed by atoms with Gasteiger partial charge in [-0.05, 0) is 25.0 Å². The molecular formula is C22H22FN5O3. The van der Waals surface area contributed by atoms with Crippen LogP contribution in [0.15, 0.2) is 41.8 Å². The van der Waals surface area contributed by atoms with Gasteiger partial charge in [0.1, 0.15) is 17.7 Å². The van der Waals surface area contributed by atoms with Crippen LogP contribution in [0.1, 0.15) is 36.2 Å². The molecule has 8 nitrogen and oxygen atoms in total. The fourth-order valence-corrected chi connectivity index (χ4v) is 4.19.